The van der Waals surface area contributed by atoms with Gasteiger partial charge in [-0.25, -0.2) is 13.1 Å². The van der Waals surface area contributed by atoms with Gasteiger partial charge in [0, 0.05) is 51.3 Å². The predicted molar refractivity (Wildman–Crippen MR) is 116 cm³/mol. The van der Waals surface area contributed by atoms with Gasteiger partial charge in [-0.3, -0.25) is 9.67 Å². The fraction of sp³-hybridized carbons (Fsp3) is 0.579. The first-order valence-corrected chi connectivity index (χ1v) is 11.3. The molecule has 0 aliphatic carbocycles. The fourth-order valence-electron chi connectivity index (χ4n) is 3.09. The van der Waals surface area contributed by atoms with Gasteiger partial charge < -0.3 is 15.2 Å². The van der Waals surface area contributed by atoms with Crippen molar-refractivity contribution >= 4 is 16.0 Å². The van der Waals surface area contributed by atoms with E-state index in [4.69, 9.17) is 0 Å². The van der Waals surface area contributed by atoms with Gasteiger partial charge in [0.25, 0.3) is 0 Å². The summed E-state index contributed by atoms with van der Waals surface area (Å²) >= 11 is 0. The highest BCUT2D eigenvalue weighted by Gasteiger charge is 2.15. The molecule has 29 heavy (non-hydrogen) atoms. The monoisotopic (exact) mass is 423 g/mol. The van der Waals surface area contributed by atoms with Gasteiger partial charge in [0.2, 0.25) is 10.0 Å². The zero-order chi connectivity index (χ0) is 21.6. The van der Waals surface area contributed by atoms with Crippen molar-refractivity contribution in [3.63, 3.8) is 0 Å². The lowest BCUT2D eigenvalue weighted by atomic mass is 10.1. The number of hydrogen-bond donors (Lipinski definition) is 3. The third kappa shape index (κ3) is 6.33. The van der Waals surface area contributed by atoms with Crippen molar-refractivity contribution in [3.05, 3.63) is 35.4 Å². The number of hydrogen-bond acceptors (Lipinski definition) is 4. The molecule has 0 aliphatic rings. The summed E-state index contributed by atoms with van der Waals surface area (Å²) in [7, 11) is 0.225. The number of sulfonamides is 1. The van der Waals surface area contributed by atoms with Crippen molar-refractivity contribution in [2.24, 2.45) is 19.1 Å². The number of rotatable bonds is 9. The molecule has 0 aliphatic heterocycles. The van der Waals surface area contributed by atoms with Crippen LogP contribution in [0.5, 0.6) is 0 Å². The van der Waals surface area contributed by atoms with Crippen molar-refractivity contribution in [1.82, 2.24) is 29.7 Å². The molecule has 2 rings (SSSR count). The molecule has 0 bridgehead atoms. The van der Waals surface area contributed by atoms with Crippen molar-refractivity contribution < 1.29 is 8.42 Å². The van der Waals surface area contributed by atoms with Crippen LogP contribution in [0.25, 0.3) is 0 Å². The van der Waals surface area contributed by atoms with E-state index in [-0.39, 0.29) is 17.5 Å². The Labute approximate surface area is 173 Å². The van der Waals surface area contributed by atoms with E-state index in [0.717, 1.165) is 24.4 Å². The number of nitrogens with zero attached hydrogens (tertiary/aromatic N) is 4. The van der Waals surface area contributed by atoms with Gasteiger partial charge in [0.1, 0.15) is 0 Å². The molecule has 10 heteroatoms. The second kappa shape index (κ2) is 9.93. The Bertz CT molecular complexity index is 944. The van der Waals surface area contributed by atoms with Gasteiger partial charge in [0.15, 0.2) is 5.96 Å². The lowest BCUT2D eigenvalue weighted by molar-refractivity contribution is 0.581. The van der Waals surface area contributed by atoms with Crippen LogP contribution in [0.2, 0.25) is 0 Å². The van der Waals surface area contributed by atoms with Crippen molar-refractivity contribution in [2.45, 2.75) is 45.1 Å². The topological polar surface area (TPSA) is 105 Å². The molecular weight excluding hydrogens is 390 g/mol. The van der Waals surface area contributed by atoms with E-state index in [1.54, 1.807) is 30.1 Å². The van der Waals surface area contributed by atoms with E-state index in [1.165, 1.54) is 5.56 Å². The Hall–Kier alpha value is -2.33. The van der Waals surface area contributed by atoms with Gasteiger partial charge in [-0.15, -0.1) is 0 Å². The molecule has 1 unspecified atom stereocenters. The average Bonchev–Trinajstić information content (AvgIpc) is 3.18. The molecular formula is C19H33N7O2S. The Kier molecular flexibility index (Phi) is 7.86. The zero-order valence-electron chi connectivity index (χ0n) is 18.2. The molecule has 0 amide bonds. The number of guanidine groups is 1. The molecule has 9 nitrogen and oxygen atoms in total. The first kappa shape index (κ1) is 23.0. The molecule has 3 N–H and O–H groups in total. The van der Waals surface area contributed by atoms with E-state index in [2.05, 4.69) is 39.3 Å². The highest BCUT2D eigenvalue weighted by atomic mass is 32.2. The largest absolute Gasteiger partial charge is 0.357 e. The van der Waals surface area contributed by atoms with E-state index >= 15 is 0 Å². The highest BCUT2D eigenvalue weighted by Crippen LogP contribution is 2.14. The van der Waals surface area contributed by atoms with Crippen LogP contribution in [-0.2, 0) is 30.5 Å². The summed E-state index contributed by atoms with van der Waals surface area (Å²) in [6, 6.07) is 1.72. The maximum atomic E-state index is 12.3. The molecule has 2 heterocycles. The van der Waals surface area contributed by atoms with Gasteiger partial charge >= 0.3 is 0 Å². The Morgan fingerprint density at radius 3 is 2.59 bits per heavy atom. The van der Waals surface area contributed by atoms with Crippen LogP contribution < -0.4 is 15.4 Å². The lowest BCUT2D eigenvalue weighted by Gasteiger charge is -2.18. The fourth-order valence-corrected chi connectivity index (χ4v) is 4.16. The van der Waals surface area contributed by atoms with Crippen molar-refractivity contribution in [3.8, 4) is 0 Å². The van der Waals surface area contributed by atoms with Gasteiger partial charge in [-0.05, 0) is 45.7 Å². The third-order valence-electron chi connectivity index (χ3n) is 4.69. The molecule has 162 valence electrons. The maximum absolute atomic E-state index is 12.3. The predicted octanol–water partition coefficient (Wildman–Crippen LogP) is 0.840. The maximum Gasteiger partial charge on any atom is 0.242 e. The van der Waals surface area contributed by atoms with Crippen LogP contribution in [-0.4, -0.2) is 54.4 Å². The first-order valence-electron chi connectivity index (χ1n) is 9.79. The van der Waals surface area contributed by atoms with Crippen molar-refractivity contribution in [2.75, 3.05) is 19.6 Å². The van der Waals surface area contributed by atoms with E-state index in [9.17, 15) is 8.42 Å². The van der Waals surface area contributed by atoms with Gasteiger partial charge in [-0.1, -0.05) is 0 Å². The average molecular weight is 424 g/mol. The van der Waals surface area contributed by atoms with Crippen LogP contribution in [0.1, 0.15) is 30.8 Å². The lowest BCUT2D eigenvalue weighted by Crippen LogP contribution is -2.43. The van der Waals surface area contributed by atoms with E-state index < -0.39 is 10.0 Å². The molecule has 0 radical (unpaired) electrons. The number of aryl methyl sites for hydroxylation is 3. The summed E-state index contributed by atoms with van der Waals surface area (Å²) < 4.78 is 30.7. The summed E-state index contributed by atoms with van der Waals surface area (Å²) in [5.74, 6) is 0.665. The second-order valence-corrected chi connectivity index (χ2v) is 8.96. The van der Waals surface area contributed by atoms with E-state index in [1.807, 2.05) is 25.6 Å². The van der Waals surface area contributed by atoms with Crippen LogP contribution in [0.3, 0.4) is 0 Å². The molecule has 0 fully saturated rings. The van der Waals surface area contributed by atoms with Crippen LogP contribution in [0, 0.1) is 13.8 Å². The SMILES string of the molecule is CCNC(=NCCNS(=O)(=O)c1ccn(C)c1)NC(C)Cc1c(C)nn(C)c1C. The molecule has 0 saturated carbocycles. The summed E-state index contributed by atoms with van der Waals surface area (Å²) in [5.41, 5.74) is 3.43. The van der Waals surface area contributed by atoms with Crippen LogP contribution in [0.15, 0.2) is 28.3 Å². The minimum Gasteiger partial charge on any atom is -0.357 e. The summed E-state index contributed by atoms with van der Waals surface area (Å²) in [6.07, 6.45) is 4.10. The summed E-state index contributed by atoms with van der Waals surface area (Å²) in [4.78, 5) is 4.74. The smallest absolute Gasteiger partial charge is 0.242 e. The molecule has 0 spiro atoms. The number of nitrogens with one attached hydrogen (secondary N) is 3. The Morgan fingerprint density at radius 1 is 1.31 bits per heavy atom. The second-order valence-electron chi connectivity index (χ2n) is 7.19. The molecule has 0 saturated heterocycles. The Balaban J connectivity index is 1.91. The van der Waals surface area contributed by atoms with Crippen LogP contribution in [0.4, 0.5) is 0 Å². The molecule has 2 aromatic rings. The Morgan fingerprint density at radius 2 is 2.03 bits per heavy atom. The zero-order valence-corrected chi connectivity index (χ0v) is 19.0. The number of aromatic nitrogens is 3. The van der Waals surface area contributed by atoms with Gasteiger partial charge in [0.05, 0.1) is 17.1 Å². The van der Waals surface area contributed by atoms with Gasteiger partial charge in [-0.2, -0.15) is 5.10 Å². The molecule has 2 aromatic heterocycles. The third-order valence-corrected chi connectivity index (χ3v) is 6.13. The first-order chi connectivity index (χ1) is 13.6. The standard InChI is InChI=1S/C19H33N7O2S/c1-7-20-19(23-14(2)12-18-15(3)24-26(6)16(18)4)21-9-10-22-29(27,28)17-8-11-25(5)13-17/h8,11,13-14,22H,7,9-10,12H2,1-6H3,(H2,20,21,23). The summed E-state index contributed by atoms with van der Waals surface area (Å²) in [6.45, 7) is 9.46. The normalized spacial score (nSPS) is 13.5. The highest BCUT2D eigenvalue weighted by molar-refractivity contribution is 7.89. The molecule has 1 atom stereocenters. The number of aliphatic imine (C=N–C) groups is 1. The minimum absolute atomic E-state index is 0.149. The van der Waals surface area contributed by atoms with Crippen LogP contribution >= 0.6 is 0 Å². The quantitative estimate of drug-likeness (QED) is 0.315. The van der Waals surface area contributed by atoms with E-state index in [0.29, 0.717) is 12.5 Å². The van der Waals surface area contributed by atoms with Crippen molar-refractivity contribution in [1.29, 1.82) is 0 Å². The summed E-state index contributed by atoms with van der Waals surface area (Å²) in [5, 5.41) is 11.1. The molecule has 0 aromatic carbocycles. The minimum atomic E-state index is -3.51.